The molecule has 0 atom stereocenters. The van der Waals surface area contributed by atoms with E-state index in [2.05, 4.69) is 4.98 Å². The lowest BCUT2D eigenvalue weighted by Gasteiger charge is -2.07. The van der Waals surface area contributed by atoms with E-state index >= 15 is 0 Å². The smallest absolute Gasteiger partial charge is 0.341 e. The Morgan fingerprint density at radius 2 is 1.78 bits per heavy atom. The van der Waals surface area contributed by atoms with Crippen molar-refractivity contribution < 1.29 is 9.90 Å². The molecule has 0 aliphatic rings. The Hall–Kier alpha value is -2.36. The molecule has 0 aliphatic carbocycles. The van der Waals surface area contributed by atoms with Crippen molar-refractivity contribution in [3.05, 3.63) is 57.4 Å². The summed E-state index contributed by atoms with van der Waals surface area (Å²) in [4.78, 5) is 25.1. The standard InChI is InChI=1S/C14H13NO3/c1-8-3-5-10(6-4-8)12-9(2)7-11(14(17)18)13(16)15-12/h3-7H,1-2H3,(H,15,16)(H,17,18). The molecule has 4 heteroatoms. The fourth-order valence-corrected chi connectivity index (χ4v) is 1.81. The van der Waals surface area contributed by atoms with Crippen molar-refractivity contribution in [2.45, 2.75) is 13.8 Å². The van der Waals surface area contributed by atoms with Crippen molar-refractivity contribution in [2.75, 3.05) is 0 Å². The van der Waals surface area contributed by atoms with E-state index in [0.29, 0.717) is 5.69 Å². The molecule has 2 aromatic rings. The summed E-state index contributed by atoms with van der Waals surface area (Å²) in [6.07, 6.45) is 0. The number of aromatic nitrogens is 1. The minimum absolute atomic E-state index is 0.233. The van der Waals surface area contributed by atoms with Crippen LogP contribution < -0.4 is 5.56 Å². The molecular weight excluding hydrogens is 230 g/mol. The van der Waals surface area contributed by atoms with Crippen molar-refractivity contribution in [1.82, 2.24) is 4.98 Å². The molecule has 0 radical (unpaired) electrons. The zero-order valence-corrected chi connectivity index (χ0v) is 10.2. The third-order valence-corrected chi connectivity index (χ3v) is 2.81. The molecule has 1 heterocycles. The highest BCUT2D eigenvalue weighted by atomic mass is 16.4. The van der Waals surface area contributed by atoms with Gasteiger partial charge in [0, 0.05) is 0 Å². The van der Waals surface area contributed by atoms with Crippen molar-refractivity contribution in [3.63, 3.8) is 0 Å². The Bertz CT molecular complexity index is 654. The predicted octanol–water partition coefficient (Wildman–Crippen LogP) is 2.36. The summed E-state index contributed by atoms with van der Waals surface area (Å²) in [7, 11) is 0. The second-order valence-corrected chi connectivity index (χ2v) is 4.24. The molecule has 2 N–H and O–H groups in total. The zero-order chi connectivity index (χ0) is 13.3. The van der Waals surface area contributed by atoms with Crippen molar-refractivity contribution >= 4 is 5.97 Å². The minimum Gasteiger partial charge on any atom is -0.477 e. The first-order valence-electron chi connectivity index (χ1n) is 5.53. The van der Waals surface area contributed by atoms with Crippen LogP contribution in [0.3, 0.4) is 0 Å². The van der Waals surface area contributed by atoms with Gasteiger partial charge in [0.25, 0.3) is 5.56 Å². The van der Waals surface area contributed by atoms with Crippen molar-refractivity contribution in [1.29, 1.82) is 0 Å². The molecule has 4 nitrogen and oxygen atoms in total. The highest BCUT2D eigenvalue weighted by molar-refractivity contribution is 5.88. The lowest BCUT2D eigenvalue weighted by Crippen LogP contribution is -2.18. The van der Waals surface area contributed by atoms with Gasteiger partial charge in [0.05, 0.1) is 5.69 Å². The monoisotopic (exact) mass is 243 g/mol. The van der Waals surface area contributed by atoms with E-state index in [1.807, 2.05) is 31.2 Å². The topological polar surface area (TPSA) is 70.2 Å². The number of carboxylic acids is 1. The molecule has 0 spiro atoms. The number of hydrogen-bond donors (Lipinski definition) is 2. The first-order valence-corrected chi connectivity index (χ1v) is 5.53. The van der Waals surface area contributed by atoms with Crippen LogP contribution in [0.1, 0.15) is 21.5 Å². The lowest BCUT2D eigenvalue weighted by atomic mass is 10.0. The van der Waals surface area contributed by atoms with Gasteiger partial charge < -0.3 is 10.1 Å². The third-order valence-electron chi connectivity index (χ3n) is 2.81. The molecule has 2 rings (SSSR count). The van der Waals surface area contributed by atoms with Crippen LogP contribution in [0.4, 0.5) is 0 Å². The van der Waals surface area contributed by atoms with Gasteiger partial charge in [-0.15, -0.1) is 0 Å². The van der Waals surface area contributed by atoms with Crippen molar-refractivity contribution in [2.24, 2.45) is 0 Å². The number of aryl methyl sites for hydroxylation is 2. The van der Waals surface area contributed by atoms with E-state index in [9.17, 15) is 9.59 Å². The van der Waals surface area contributed by atoms with Crippen LogP contribution in [-0.4, -0.2) is 16.1 Å². The van der Waals surface area contributed by atoms with Crippen LogP contribution in [-0.2, 0) is 0 Å². The number of rotatable bonds is 2. The fraction of sp³-hybridized carbons (Fsp3) is 0.143. The highest BCUT2D eigenvalue weighted by Gasteiger charge is 2.12. The molecule has 0 amide bonds. The summed E-state index contributed by atoms with van der Waals surface area (Å²) in [6, 6.07) is 9.08. The molecule has 1 aromatic carbocycles. The molecular formula is C14H13NO3. The van der Waals surface area contributed by atoms with Gasteiger partial charge in [-0.05, 0) is 31.0 Å². The Balaban J connectivity index is 2.60. The number of aromatic carboxylic acids is 1. The van der Waals surface area contributed by atoms with Crippen LogP contribution >= 0.6 is 0 Å². The molecule has 0 aliphatic heterocycles. The van der Waals surface area contributed by atoms with Gasteiger partial charge in [0.1, 0.15) is 5.56 Å². The summed E-state index contributed by atoms with van der Waals surface area (Å²) in [5.41, 5.74) is 2.57. The quantitative estimate of drug-likeness (QED) is 0.850. The average molecular weight is 243 g/mol. The maximum Gasteiger partial charge on any atom is 0.341 e. The van der Waals surface area contributed by atoms with Crippen LogP contribution in [0.2, 0.25) is 0 Å². The largest absolute Gasteiger partial charge is 0.477 e. The number of pyridine rings is 1. The van der Waals surface area contributed by atoms with Crippen LogP contribution in [0.25, 0.3) is 11.3 Å². The van der Waals surface area contributed by atoms with Gasteiger partial charge in [-0.2, -0.15) is 0 Å². The van der Waals surface area contributed by atoms with Gasteiger partial charge >= 0.3 is 5.97 Å². The Kier molecular flexibility index (Phi) is 3.02. The van der Waals surface area contributed by atoms with E-state index in [4.69, 9.17) is 5.11 Å². The fourth-order valence-electron chi connectivity index (χ4n) is 1.81. The second kappa shape index (κ2) is 4.49. The molecule has 92 valence electrons. The summed E-state index contributed by atoms with van der Waals surface area (Å²) in [6.45, 7) is 3.75. The third kappa shape index (κ3) is 2.18. The number of benzene rings is 1. The van der Waals surface area contributed by atoms with E-state index in [1.165, 1.54) is 6.07 Å². The van der Waals surface area contributed by atoms with E-state index < -0.39 is 11.5 Å². The molecule has 0 fully saturated rings. The average Bonchev–Trinajstić information content (AvgIpc) is 2.32. The number of carbonyl (C=O) groups is 1. The van der Waals surface area contributed by atoms with E-state index in [-0.39, 0.29) is 5.56 Å². The second-order valence-electron chi connectivity index (χ2n) is 4.24. The number of carboxylic acid groups (broad SMARTS) is 1. The summed E-state index contributed by atoms with van der Waals surface area (Å²) < 4.78 is 0. The van der Waals surface area contributed by atoms with Crippen LogP contribution in [0.15, 0.2) is 35.1 Å². The number of nitrogens with one attached hydrogen (secondary N) is 1. The number of hydrogen-bond acceptors (Lipinski definition) is 2. The normalized spacial score (nSPS) is 10.3. The molecule has 0 bridgehead atoms. The van der Waals surface area contributed by atoms with Crippen LogP contribution in [0.5, 0.6) is 0 Å². The molecule has 1 aromatic heterocycles. The van der Waals surface area contributed by atoms with Gasteiger partial charge in [-0.25, -0.2) is 4.79 Å². The van der Waals surface area contributed by atoms with Gasteiger partial charge in [0.15, 0.2) is 0 Å². The Morgan fingerprint density at radius 1 is 1.17 bits per heavy atom. The van der Waals surface area contributed by atoms with Gasteiger partial charge in [-0.1, -0.05) is 29.8 Å². The Morgan fingerprint density at radius 3 is 2.33 bits per heavy atom. The SMILES string of the molecule is Cc1ccc(-c2[nH]c(=O)c(C(=O)O)cc2C)cc1. The van der Waals surface area contributed by atoms with E-state index in [1.54, 1.807) is 6.92 Å². The maximum absolute atomic E-state index is 11.6. The number of H-pyrrole nitrogens is 1. The van der Waals surface area contributed by atoms with Crippen molar-refractivity contribution in [3.8, 4) is 11.3 Å². The Labute approximate surface area is 104 Å². The van der Waals surface area contributed by atoms with Gasteiger partial charge in [0.2, 0.25) is 0 Å². The first kappa shape index (κ1) is 12.1. The number of aromatic amines is 1. The van der Waals surface area contributed by atoms with Gasteiger partial charge in [-0.3, -0.25) is 4.79 Å². The minimum atomic E-state index is -1.21. The lowest BCUT2D eigenvalue weighted by molar-refractivity contribution is 0.0695. The maximum atomic E-state index is 11.6. The molecule has 0 unspecified atom stereocenters. The zero-order valence-electron chi connectivity index (χ0n) is 10.2. The summed E-state index contributed by atoms with van der Waals surface area (Å²) >= 11 is 0. The van der Waals surface area contributed by atoms with E-state index in [0.717, 1.165) is 16.7 Å². The molecule has 0 saturated heterocycles. The van der Waals surface area contributed by atoms with Crippen LogP contribution in [0, 0.1) is 13.8 Å². The summed E-state index contributed by atoms with van der Waals surface area (Å²) in [5.74, 6) is -1.21. The summed E-state index contributed by atoms with van der Waals surface area (Å²) in [5, 5.41) is 8.87. The first-order chi connectivity index (χ1) is 8.49. The molecule has 18 heavy (non-hydrogen) atoms. The molecule has 0 saturated carbocycles. The highest BCUT2D eigenvalue weighted by Crippen LogP contribution is 2.20. The predicted molar refractivity (Wildman–Crippen MR) is 68.9 cm³/mol.